The molecule has 0 aromatic heterocycles. The highest BCUT2D eigenvalue weighted by Crippen LogP contribution is 2.11. The van der Waals surface area contributed by atoms with Crippen LogP contribution in [-0.4, -0.2) is 48.7 Å². The fourth-order valence-electron chi connectivity index (χ4n) is 2.63. The molecule has 0 bridgehead atoms. The third-order valence-corrected chi connectivity index (χ3v) is 3.71. The third-order valence-electron chi connectivity index (χ3n) is 3.71. The molecule has 0 radical (unpaired) electrons. The summed E-state index contributed by atoms with van der Waals surface area (Å²) >= 11 is 0. The SMILES string of the molecule is O=C1NC2NCCNC2C(=O)N1CCc1ccccc1. The fourth-order valence-corrected chi connectivity index (χ4v) is 2.63. The standard InChI is InChI=1S/C14H18N4O2/c19-13-11-12(16-8-7-15-11)17-14(20)18(13)9-6-10-4-2-1-3-5-10/h1-5,11-12,15-16H,6-9H2,(H,17,20). The molecule has 2 saturated heterocycles. The molecule has 2 unspecified atom stereocenters. The first-order chi connectivity index (χ1) is 9.75. The van der Waals surface area contributed by atoms with Crippen molar-refractivity contribution in [1.82, 2.24) is 20.9 Å². The van der Waals surface area contributed by atoms with E-state index in [0.717, 1.165) is 18.7 Å². The van der Waals surface area contributed by atoms with Crippen LogP contribution in [-0.2, 0) is 11.2 Å². The van der Waals surface area contributed by atoms with Gasteiger partial charge in [-0.1, -0.05) is 30.3 Å². The maximum Gasteiger partial charge on any atom is 0.325 e. The van der Waals surface area contributed by atoms with Gasteiger partial charge in [-0.3, -0.25) is 15.0 Å². The van der Waals surface area contributed by atoms with E-state index >= 15 is 0 Å². The average Bonchev–Trinajstić information content (AvgIpc) is 2.48. The summed E-state index contributed by atoms with van der Waals surface area (Å²) in [4.78, 5) is 25.7. The normalized spacial score (nSPS) is 26.1. The fraction of sp³-hybridized carbons (Fsp3) is 0.429. The van der Waals surface area contributed by atoms with Crippen molar-refractivity contribution in [2.24, 2.45) is 0 Å². The molecule has 1 aromatic rings. The van der Waals surface area contributed by atoms with E-state index in [1.165, 1.54) is 4.90 Å². The number of carbonyl (C=O) groups is 2. The number of hydrogen-bond acceptors (Lipinski definition) is 4. The number of rotatable bonds is 3. The lowest BCUT2D eigenvalue weighted by molar-refractivity contribution is -0.133. The van der Waals surface area contributed by atoms with Gasteiger partial charge >= 0.3 is 6.03 Å². The molecule has 0 aliphatic carbocycles. The Labute approximate surface area is 117 Å². The lowest BCUT2D eigenvalue weighted by atomic mass is 10.1. The van der Waals surface area contributed by atoms with Crippen molar-refractivity contribution < 1.29 is 9.59 Å². The maximum absolute atomic E-state index is 12.4. The van der Waals surface area contributed by atoms with Crippen LogP contribution in [0.25, 0.3) is 0 Å². The molecular weight excluding hydrogens is 256 g/mol. The zero-order valence-corrected chi connectivity index (χ0v) is 11.1. The molecule has 20 heavy (non-hydrogen) atoms. The van der Waals surface area contributed by atoms with Gasteiger partial charge in [0.15, 0.2) is 0 Å². The monoisotopic (exact) mass is 274 g/mol. The van der Waals surface area contributed by atoms with E-state index in [1.807, 2.05) is 30.3 Å². The number of benzene rings is 1. The molecular formula is C14H18N4O2. The maximum atomic E-state index is 12.4. The van der Waals surface area contributed by atoms with Crippen LogP contribution in [0.3, 0.4) is 0 Å². The van der Waals surface area contributed by atoms with Gasteiger partial charge in [-0.05, 0) is 12.0 Å². The van der Waals surface area contributed by atoms with Gasteiger partial charge in [-0.2, -0.15) is 0 Å². The van der Waals surface area contributed by atoms with Crippen LogP contribution >= 0.6 is 0 Å². The molecule has 3 N–H and O–H groups in total. The first kappa shape index (κ1) is 13.1. The van der Waals surface area contributed by atoms with E-state index < -0.39 is 0 Å². The zero-order valence-electron chi connectivity index (χ0n) is 11.1. The highest BCUT2D eigenvalue weighted by Gasteiger charge is 2.41. The Balaban J connectivity index is 1.66. The minimum Gasteiger partial charge on any atom is -0.320 e. The highest BCUT2D eigenvalue weighted by molar-refractivity contribution is 6.00. The van der Waals surface area contributed by atoms with E-state index in [2.05, 4.69) is 16.0 Å². The molecule has 6 nitrogen and oxygen atoms in total. The smallest absolute Gasteiger partial charge is 0.320 e. The molecule has 3 amide bonds. The molecule has 1 aromatic carbocycles. The van der Waals surface area contributed by atoms with Crippen LogP contribution in [0, 0.1) is 0 Å². The molecule has 106 valence electrons. The summed E-state index contributed by atoms with van der Waals surface area (Å²) in [5.74, 6) is -0.151. The number of imide groups is 1. The van der Waals surface area contributed by atoms with Gasteiger partial charge in [0, 0.05) is 19.6 Å². The number of piperazine rings is 1. The molecule has 2 aliphatic heterocycles. The van der Waals surface area contributed by atoms with Crippen LogP contribution in [0.15, 0.2) is 30.3 Å². The van der Waals surface area contributed by atoms with Crippen molar-refractivity contribution in [1.29, 1.82) is 0 Å². The summed E-state index contributed by atoms with van der Waals surface area (Å²) in [5.41, 5.74) is 1.12. The lowest BCUT2D eigenvalue weighted by Crippen LogP contribution is -2.74. The van der Waals surface area contributed by atoms with Gasteiger partial charge < -0.3 is 10.6 Å². The van der Waals surface area contributed by atoms with Crippen molar-refractivity contribution in [3.8, 4) is 0 Å². The molecule has 3 rings (SSSR count). The number of nitrogens with zero attached hydrogens (tertiary/aromatic N) is 1. The lowest BCUT2D eigenvalue weighted by Gasteiger charge is -2.40. The predicted molar refractivity (Wildman–Crippen MR) is 74.0 cm³/mol. The Morgan fingerprint density at radius 2 is 1.85 bits per heavy atom. The number of amides is 3. The van der Waals surface area contributed by atoms with Crippen LogP contribution in [0.2, 0.25) is 0 Å². The van der Waals surface area contributed by atoms with Crippen LogP contribution in [0.1, 0.15) is 5.56 Å². The van der Waals surface area contributed by atoms with Crippen LogP contribution < -0.4 is 16.0 Å². The van der Waals surface area contributed by atoms with Gasteiger partial charge in [0.2, 0.25) is 0 Å². The first-order valence-corrected chi connectivity index (χ1v) is 6.88. The summed E-state index contributed by atoms with van der Waals surface area (Å²) < 4.78 is 0. The predicted octanol–water partition coefficient (Wildman–Crippen LogP) is -0.332. The molecule has 2 heterocycles. The Morgan fingerprint density at radius 3 is 2.65 bits per heavy atom. The second-order valence-corrected chi connectivity index (χ2v) is 5.04. The van der Waals surface area contributed by atoms with Crippen molar-refractivity contribution in [3.05, 3.63) is 35.9 Å². The van der Waals surface area contributed by atoms with E-state index in [9.17, 15) is 9.59 Å². The third kappa shape index (κ3) is 2.52. The molecule has 0 saturated carbocycles. The molecule has 0 spiro atoms. The van der Waals surface area contributed by atoms with Gasteiger partial charge in [0.25, 0.3) is 5.91 Å². The van der Waals surface area contributed by atoms with E-state index in [0.29, 0.717) is 13.0 Å². The number of hydrogen-bond donors (Lipinski definition) is 3. The summed E-state index contributed by atoms with van der Waals surface area (Å²) in [5, 5.41) is 9.11. The van der Waals surface area contributed by atoms with Crippen molar-refractivity contribution in [2.75, 3.05) is 19.6 Å². The molecule has 2 fully saturated rings. The molecule has 2 atom stereocenters. The Bertz CT molecular complexity index is 505. The number of carbonyl (C=O) groups excluding carboxylic acids is 2. The Morgan fingerprint density at radius 1 is 1.10 bits per heavy atom. The van der Waals surface area contributed by atoms with Crippen LogP contribution in [0.5, 0.6) is 0 Å². The molecule has 2 aliphatic rings. The number of fused-ring (bicyclic) bond motifs is 1. The summed E-state index contributed by atoms with van der Waals surface area (Å²) in [6.07, 6.45) is 0.377. The first-order valence-electron chi connectivity index (χ1n) is 6.88. The van der Waals surface area contributed by atoms with E-state index in [4.69, 9.17) is 0 Å². The Hall–Kier alpha value is -1.92. The second kappa shape index (κ2) is 5.60. The second-order valence-electron chi connectivity index (χ2n) is 5.04. The van der Waals surface area contributed by atoms with Gasteiger partial charge in [-0.25, -0.2) is 4.79 Å². The van der Waals surface area contributed by atoms with Crippen molar-refractivity contribution in [2.45, 2.75) is 18.6 Å². The average molecular weight is 274 g/mol. The highest BCUT2D eigenvalue weighted by atomic mass is 16.2. The van der Waals surface area contributed by atoms with E-state index in [1.54, 1.807) is 0 Å². The van der Waals surface area contributed by atoms with E-state index in [-0.39, 0.29) is 24.1 Å². The number of nitrogens with one attached hydrogen (secondary N) is 3. The summed E-state index contributed by atoms with van der Waals surface area (Å²) in [7, 11) is 0. The largest absolute Gasteiger partial charge is 0.325 e. The van der Waals surface area contributed by atoms with Crippen LogP contribution in [0.4, 0.5) is 4.79 Å². The van der Waals surface area contributed by atoms with Gasteiger partial charge in [0.05, 0.1) is 0 Å². The van der Waals surface area contributed by atoms with Crippen molar-refractivity contribution >= 4 is 11.9 Å². The zero-order chi connectivity index (χ0) is 13.9. The molecule has 6 heteroatoms. The summed E-state index contributed by atoms with van der Waals surface area (Å²) in [6.45, 7) is 1.88. The van der Waals surface area contributed by atoms with Gasteiger partial charge in [-0.15, -0.1) is 0 Å². The summed E-state index contributed by atoms with van der Waals surface area (Å²) in [6, 6.07) is 9.17. The van der Waals surface area contributed by atoms with Crippen molar-refractivity contribution in [3.63, 3.8) is 0 Å². The Kier molecular flexibility index (Phi) is 3.66. The minimum absolute atomic E-state index is 0.151. The number of urea groups is 1. The minimum atomic E-state index is -0.364. The topological polar surface area (TPSA) is 73.5 Å². The van der Waals surface area contributed by atoms with Gasteiger partial charge in [0.1, 0.15) is 12.2 Å². The quantitative estimate of drug-likeness (QED) is 0.705.